The van der Waals surface area contributed by atoms with E-state index in [1.807, 2.05) is 45.0 Å². The number of aryl methyl sites for hydroxylation is 2. The van der Waals surface area contributed by atoms with Crippen LogP contribution in [0.1, 0.15) is 78.0 Å². The number of hydrogen-bond donors (Lipinski definition) is 4. The molecule has 5 aromatic heterocycles. The Labute approximate surface area is 456 Å². The summed E-state index contributed by atoms with van der Waals surface area (Å²) in [7, 11) is -2.15. The van der Waals surface area contributed by atoms with Crippen molar-refractivity contribution in [3.63, 3.8) is 0 Å². The Kier molecular flexibility index (Phi) is 13.9. The van der Waals surface area contributed by atoms with Crippen molar-refractivity contribution in [2.75, 3.05) is 43.9 Å². The first kappa shape index (κ1) is 53.3. The van der Waals surface area contributed by atoms with E-state index in [9.17, 15) is 37.1 Å². The standard InChI is InChI=1S/C55H57F2N11O9S2/c1-28(2)45(52(71)68-24-36(69)17-42(68)49-62-54(73)55(4,63-49)33-9-7-30(8-10-33)48-29(3)60-27-78-48)43-19-44(64-77-43)76-14-13-66-12-11-35(23-66)61-51(70)37-18-41-38(15-31(37)26-79(6,74)75)39-25-65(5)53(72)47-46(39)32(20-58-47)22-67(41)50-40(57)16-34(56)21-59-50/h7-10,15-16,18-21,25,27-28,35-36,42,45,58,69H,11-14,17,22-24,26H2,1-6H3,(H,61,70)(H,62,63,73)/t35-,36+,42+,45+,55+/m0/s1. The molecule has 4 N–H and O–H groups in total. The van der Waals surface area contributed by atoms with E-state index in [1.165, 1.54) is 26.9 Å². The summed E-state index contributed by atoms with van der Waals surface area (Å²) in [6, 6.07) is 12.0. The summed E-state index contributed by atoms with van der Waals surface area (Å²) in [6.45, 7) is 9.05. The van der Waals surface area contributed by atoms with Gasteiger partial charge in [-0.2, -0.15) is 4.99 Å². The van der Waals surface area contributed by atoms with Crippen molar-refractivity contribution >= 4 is 67.1 Å². The van der Waals surface area contributed by atoms with Gasteiger partial charge in [-0.3, -0.25) is 24.1 Å². The molecule has 0 bridgehead atoms. The number of hydrogen-bond acceptors (Lipinski definition) is 16. The number of benzene rings is 2. The number of aliphatic hydroxyl groups is 1. The highest BCUT2D eigenvalue weighted by Crippen LogP contribution is 2.45. The minimum Gasteiger partial charge on any atom is -0.474 e. The molecule has 2 saturated heterocycles. The van der Waals surface area contributed by atoms with Crippen molar-refractivity contribution in [1.29, 1.82) is 0 Å². The van der Waals surface area contributed by atoms with E-state index in [0.29, 0.717) is 71.3 Å². The first-order valence-corrected chi connectivity index (χ1v) is 28.7. The smallest absolute Gasteiger partial charge is 0.277 e. The molecule has 0 saturated carbocycles. The van der Waals surface area contributed by atoms with E-state index in [2.05, 4.69) is 40.6 Å². The van der Waals surface area contributed by atoms with Gasteiger partial charge >= 0.3 is 0 Å². The van der Waals surface area contributed by atoms with E-state index >= 15 is 4.39 Å². The molecule has 9 heterocycles. The second-order valence-corrected chi connectivity index (χ2v) is 24.3. The number of thiazole rings is 1. The number of nitrogens with zero attached hydrogens (tertiary/aromatic N) is 8. The number of sulfone groups is 1. The molecule has 5 atom stereocenters. The summed E-state index contributed by atoms with van der Waals surface area (Å²) in [5, 5.41) is 22.0. The number of aliphatic imine (C=N–C) groups is 1. The Hall–Kier alpha value is -7.67. The van der Waals surface area contributed by atoms with Gasteiger partial charge in [0.05, 0.1) is 52.4 Å². The third-order valence-electron chi connectivity index (χ3n) is 15.3. The van der Waals surface area contributed by atoms with Crippen LogP contribution in [0.15, 0.2) is 86.9 Å². The van der Waals surface area contributed by atoms with Gasteiger partial charge in [-0.15, -0.1) is 11.3 Å². The van der Waals surface area contributed by atoms with Gasteiger partial charge in [-0.05, 0) is 65.7 Å². The number of carbonyl (C=O) groups is 3. The zero-order valence-electron chi connectivity index (χ0n) is 44.0. The predicted molar refractivity (Wildman–Crippen MR) is 291 cm³/mol. The van der Waals surface area contributed by atoms with E-state index in [1.54, 1.807) is 48.9 Å². The Bertz CT molecular complexity index is 3800. The highest BCUT2D eigenvalue weighted by Gasteiger charge is 2.49. The first-order chi connectivity index (χ1) is 37.6. The summed E-state index contributed by atoms with van der Waals surface area (Å²) in [5.41, 5.74) is 5.21. The van der Waals surface area contributed by atoms with Crippen LogP contribution >= 0.6 is 11.3 Å². The number of likely N-dealkylation sites (tertiary alicyclic amines) is 2. The Morgan fingerprint density at radius 1 is 1.08 bits per heavy atom. The number of rotatable bonds is 15. The van der Waals surface area contributed by atoms with Gasteiger partial charge in [0.2, 0.25) is 5.91 Å². The number of aromatic nitrogens is 5. The third kappa shape index (κ3) is 10.1. The number of ether oxygens (including phenoxy) is 1. The van der Waals surface area contributed by atoms with Gasteiger partial charge in [0.25, 0.3) is 23.3 Å². The van der Waals surface area contributed by atoms with Crippen LogP contribution in [0.5, 0.6) is 5.88 Å². The van der Waals surface area contributed by atoms with Crippen LogP contribution in [0.4, 0.5) is 20.3 Å². The number of aliphatic hydroxyl groups excluding tert-OH is 1. The zero-order valence-corrected chi connectivity index (χ0v) is 45.7. The SMILES string of the molecule is Cc1ncsc1-c1ccc([C@@]2(C)NC([C@H]3C[C@@H](O)CN3C(=O)[C@@H](c3cc(OCCN4CC[C@H](NC(=O)c5cc6c(cc5CS(C)(=O)=O)-c5cn(C)c(=O)c7[nH]cc(c57)CN6c5ncc(F)cc5F)C4)no3)C(C)C)=NC2=O)cc1. The van der Waals surface area contributed by atoms with Gasteiger partial charge in [-0.25, -0.2) is 27.2 Å². The van der Waals surface area contributed by atoms with Gasteiger partial charge < -0.3 is 44.4 Å². The Morgan fingerprint density at radius 3 is 2.58 bits per heavy atom. The quantitative estimate of drug-likeness (QED) is 0.0940. The molecule has 3 amide bonds. The molecule has 412 valence electrons. The fourth-order valence-corrected chi connectivity index (χ4v) is 13.0. The average molecular weight is 1120 g/mol. The Balaban J connectivity index is 0.753. The summed E-state index contributed by atoms with van der Waals surface area (Å²) >= 11 is 1.54. The number of β-amino-alcohol motifs (C(OH)–C–C–N with tert-alkyl or cyclic N) is 1. The molecule has 2 aromatic carbocycles. The molecule has 20 nitrogen and oxygen atoms in total. The first-order valence-electron chi connectivity index (χ1n) is 25.8. The molecular weight excluding hydrogens is 1060 g/mol. The summed E-state index contributed by atoms with van der Waals surface area (Å²) in [6.07, 6.45) is 5.05. The highest BCUT2D eigenvalue weighted by atomic mass is 32.2. The largest absolute Gasteiger partial charge is 0.474 e. The van der Waals surface area contributed by atoms with E-state index in [-0.39, 0.29) is 83.6 Å². The highest BCUT2D eigenvalue weighted by molar-refractivity contribution is 7.89. The summed E-state index contributed by atoms with van der Waals surface area (Å²) in [4.78, 5) is 77.9. The lowest BCUT2D eigenvalue weighted by Gasteiger charge is -2.31. The topological polar surface area (TPSA) is 251 Å². The zero-order chi connectivity index (χ0) is 55.8. The number of nitrogens with one attached hydrogen (secondary N) is 3. The number of carbonyl (C=O) groups excluding carboxylic acids is 3. The van der Waals surface area contributed by atoms with Crippen LogP contribution in [0, 0.1) is 24.5 Å². The van der Waals surface area contributed by atoms with Crippen molar-refractivity contribution in [3.8, 4) is 27.4 Å². The van der Waals surface area contributed by atoms with Crippen molar-refractivity contribution in [1.82, 2.24) is 45.1 Å². The van der Waals surface area contributed by atoms with Gasteiger partial charge in [0, 0.05) is 98.5 Å². The minimum atomic E-state index is -3.72. The van der Waals surface area contributed by atoms with Gasteiger partial charge in [-0.1, -0.05) is 38.1 Å². The number of anilines is 2. The summed E-state index contributed by atoms with van der Waals surface area (Å²) < 4.78 is 69.0. The molecule has 4 aliphatic rings. The molecule has 7 aromatic rings. The van der Waals surface area contributed by atoms with Gasteiger partial charge in [0.15, 0.2) is 27.2 Å². The molecular formula is C55H57F2N11O9S2. The number of halogens is 2. The van der Waals surface area contributed by atoms with Crippen LogP contribution < -0.4 is 25.8 Å². The molecule has 0 spiro atoms. The lowest BCUT2D eigenvalue weighted by molar-refractivity contribution is -0.134. The van der Waals surface area contributed by atoms with E-state index in [4.69, 9.17) is 9.26 Å². The second-order valence-electron chi connectivity index (χ2n) is 21.4. The van der Waals surface area contributed by atoms with Crippen molar-refractivity contribution in [3.05, 3.63) is 128 Å². The molecule has 4 aliphatic heterocycles. The monoisotopic (exact) mass is 1120 g/mol. The minimum absolute atomic E-state index is 0.0244. The maximum Gasteiger partial charge on any atom is 0.277 e. The van der Waals surface area contributed by atoms with Crippen LogP contribution in [0.3, 0.4) is 0 Å². The van der Waals surface area contributed by atoms with Crippen LogP contribution in [0.25, 0.3) is 32.5 Å². The number of amidine groups is 1. The molecule has 0 radical (unpaired) electrons. The van der Waals surface area contributed by atoms with Crippen molar-refractivity contribution in [2.24, 2.45) is 18.0 Å². The van der Waals surface area contributed by atoms with Crippen molar-refractivity contribution < 1.29 is 45.9 Å². The van der Waals surface area contributed by atoms with Crippen molar-refractivity contribution in [2.45, 2.75) is 82.5 Å². The predicted octanol–water partition coefficient (Wildman–Crippen LogP) is 5.85. The van der Waals surface area contributed by atoms with Crippen LogP contribution in [-0.2, 0) is 44.3 Å². The molecule has 79 heavy (non-hydrogen) atoms. The lowest BCUT2D eigenvalue weighted by atomic mass is 9.90. The molecule has 0 aliphatic carbocycles. The van der Waals surface area contributed by atoms with E-state index in [0.717, 1.165) is 28.6 Å². The average Bonchev–Trinajstić information content (AvgIpc) is 4.32. The molecule has 0 unspecified atom stereocenters. The number of pyridine rings is 2. The maximum absolute atomic E-state index is 15.7. The number of H-pyrrole nitrogens is 1. The Morgan fingerprint density at radius 2 is 1.86 bits per heavy atom. The fourth-order valence-electron chi connectivity index (χ4n) is 11.4. The number of aromatic amines is 1. The fraction of sp³-hybridized carbons (Fsp3) is 0.382. The lowest BCUT2D eigenvalue weighted by Crippen LogP contribution is -2.51. The molecule has 24 heteroatoms. The normalized spacial score (nSPS) is 20.7. The molecule has 2 fully saturated rings. The summed E-state index contributed by atoms with van der Waals surface area (Å²) in [5.74, 6) is -4.26. The number of amides is 3. The number of fused-ring (bicyclic) bond motifs is 2. The van der Waals surface area contributed by atoms with Crippen LogP contribution in [-0.4, -0.2) is 129 Å². The van der Waals surface area contributed by atoms with Crippen LogP contribution in [0.2, 0.25) is 0 Å². The maximum atomic E-state index is 15.7. The second kappa shape index (κ2) is 20.5. The molecule has 11 rings (SSSR count). The van der Waals surface area contributed by atoms with E-state index < -0.39 is 62.6 Å². The third-order valence-corrected chi connectivity index (χ3v) is 17.1. The van der Waals surface area contributed by atoms with Gasteiger partial charge in [0.1, 0.15) is 35.2 Å².